The fourth-order valence-corrected chi connectivity index (χ4v) is 3.40. The van der Waals surface area contributed by atoms with Gasteiger partial charge in [-0.25, -0.2) is 9.97 Å². The second-order valence-corrected chi connectivity index (χ2v) is 6.84. The smallest absolute Gasteiger partial charge is 0.161 e. The molecule has 0 atom stereocenters. The summed E-state index contributed by atoms with van der Waals surface area (Å²) in [4.78, 5) is 10.3. The van der Waals surface area contributed by atoms with E-state index in [1.54, 1.807) is 11.8 Å². The molecular weight excluding hydrogens is 368 g/mol. The first-order valence-corrected chi connectivity index (χ1v) is 8.76. The SMILES string of the molecule is CSc1ccc(-c2nc(Cl)c3cc(Br)cc(C)c3n2)cc1. The minimum Gasteiger partial charge on any atom is -0.228 e. The van der Waals surface area contributed by atoms with Gasteiger partial charge in [0.2, 0.25) is 0 Å². The number of nitrogens with zero attached hydrogens (tertiary/aromatic N) is 2. The molecule has 3 aromatic rings. The lowest BCUT2D eigenvalue weighted by atomic mass is 10.1. The Morgan fingerprint density at radius 3 is 2.48 bits per heavy atom. The second-order valence-electron chi connectivity index (χ2n) is 4.69. The van der Waals surface area contributed by atoms with Gasteiger partial charge in [-0.2, -0.15) is 0 Å². The molecule has 0 radical (unpaired) electrons. The minimum atomic E-state index is 0.480. The van der Waals surface area contributed by atoms with Crippen molar-refractivity contribution < 1.29 is 0 Å². The van der Waals surface area contributed by atoms with Crippen LogP contribution in [0, 0.1) is 6.92 Å². The molecule has 0 saturated heterocycles. The maximum absolute atomic E-state index is 6.34. The van der Waals surface area contributed by atoms with E-state index < -0.39 is 0 Å². The standard InChI is InChI=1S/C16H12BrClN2S/c1-9-7-11(17)8-13-14(9)19-16(20-15(13)18)10-3-5-12(21-2)6-4-10/h3-8H,1-2H3. The molecule has 0 spiro atoms. The highest BCUT2D eigenvalue weighted by Gasteiger charge is 2.10. The number of aryl methyl sites for hydroxylation is 1. The molecular formula is C16H12BrClN2S. The predicted octanol–water partition coefficient (Wildman–Crippen LogP) is 5.74. The highest BCUT2D eigenvalue weighted by Crippen LogP contribution is 2.30. The van der Waals surface area contributed by atoms with Crippen LogP contribution in [0.1, 0.15) is 5.56 Å². The van der Waals surface area contributed by atoms with E-state index in [-0.39, 0.29) is 0 Å². The molecule has 21 heavy (non-hydrogen) atoms. The van der Waals surface area contributed by atoms with Crippen LogP contribution >= 0.6 is 39.3 Å². The van der Waals surface area contributed by atoms with Crippen LogP contribution in [-0.2, 0) is 0 Å². The Kier molecular flexibility index (Phi) is 4.20. The van der Waals surface area contributed by atoms with Crippen LogP contribution < -0.4 is 0 Å². The number of aromatic nitrogens is 2. The molecule has 3 rings (SSSR count). The fraction of sp³-hybridized carbons (Fsp3) is 0.125. The Morgan fingerprint density at radius 2 is 1.81 bits per heavy atom. The lowest BCUT2D eigenvalue weighted by molar-refractivity contribution is 1.21. The molecule has 106 valence electrons. The van der Waals surface area contributed by atoms with E-state index in [1.165, 1.54) is 4.90 Å². The monoisotopic (exact) mass is 378 g/mol. The lowest BCUT2D eigenvalue weighted by Crippen LogP contribution is -1.94. The number of rotatable bonds is 2. The zero-order chi connectivity index (χ0) is 15.0. The molecule has 1 heterocycles. The van der Waals surface area contributed by atoms with E-state index >= 15 is 0 Å². The van der Waals surface area contributed by atoms with Crippen molar-refractivity contribution >= 4 is 50.2 Å². The summed E-state index contributed by atoms with van der Waals surface area (Å²) in [6.45, 7) is 2.02. The van der Waals surface area contributed by atoms with Gasteiger partial charge in [0.05, 0.1) is 5.52 Å². The first-order chi connectivity index (χ1) is 10.1. The summed E-state index contributed by atoms with van der Waals surface area (Å²) in [6.07, 6.45) is 2.06. The van der Waals surface area contributed by atoms with Crippen LogP contribution in [0.15, 0.2) is 45.8 Å². The van der Waals surface area contributed by atoms with Crippen LogP contribution in [0.4, 0.5) is 0 Å². The quantitative estimate of drug-likeness (QED) is 0.419. The topological polar surface area (TPSA) is 25.8 Å². The maximum atomic E-state index is 6.34. The van der Waals surface area contributed by atoms with Gasteiger partial charge in [-0.15, -0.1) is 11.8 Å². The fourth-order valence-electron chi connectivity index (χ4n) is 2.19. The molecule has 0 aliphatic rings. The van der Waals surface area contributed by atoms with Crippen LogP contribution in [0.5, 0.6) is 0 Å². The Morgan fingerprint density at radius 1 is 1.10 bits per heavy atom. The van der Waals surface area contributed by atoms with Crippen molar-refractivity contribution in [2.45, 2.75) is 11.8 Å². The molecule has 0 aliphatic heterocycles. The molecule has 2 nitrogen and oxygen atoms in total. The number of hydrogen-bond acceptors (Lipinski definition) is 3. The van der Waals surface area contributed by atoms with Crippen molar-refractivity contribution in [2.24, 2.45) is 0 Å². The van der Waals surface area contributed by atoms with Crippen LogP contribution in [0.3, 0.4) is 0 Å². The Balaban J connectivity index is 2.19. The molecule has 0 aliphatic carbocycles. The molecule has 0 amide bonds. The average molecular weight is 380 g/mol. The first kappa shape index (κ1) is 14.8. The first-order valence-electron chi connectivity index (χ1n) is 6.36. The van der Waals surface area contributed by atoms with Crippen molar-refractivity contribution in [1.29, 1.82) is 0 Å². The number of thioether (sulfide) groups is 1. The third kappa shape index (κ3) is 2.93. The van der Waals surface area contributed by atoms with E-state index in [9.17, 15) is 0 Å². The van der Waals surface area contributed by atoms with Crippen LogP contribution in [-0.4, -0.2) is 16.2 Å². The third-order valence-electron chi connectivity index (χ3n) is 3.26. The van der Waals surface area contributed by atoms with Gasteiger partial charge < -0.3 is 0 Å². The summed E-state index contributed by atoms with van der Waals surface area (Å²) in [5, 5.41) is 1.35. The molecule has 0 N–H and O–H groups in total. The van der Waals surface area contributed by atoms with Gasteiger partial charge in [0, 0.05) is 20.3 Å². The predicted molar refractivity (Wildman–Crippen MR) is 94.2 cm³/mol. The van der Waals surface area contributed by atoms with Gasteiger partial charge in [-0.1, -0.05) is 39.7 Å². The van der Waals surface area contributed by atoms with Crippen molar-refractivity contribution in [3.8, 4) is 11.4 Å². The molecule has 0 saturated carbocycles. The Hall–Kier alpha value is -1.10. The molecule has 0 fully saturated rings. The van der Waals surface area contributed by atoms with Gasteiger partial charge in [0.1, 0.15) is 5.15 Å². The number of benzene rings is 2. The largest absolute Gasteiger partial charge is 0.228 e. The average Bonchev–Trinajstić information content (AvgIpc) is 2.48. The highest BCUT2D eigenvalue weighted by molar-refractivity contribution is 9.10. The van der Waals surface area contributed by atoms with E-state index in [4.69, 9.17) is 11.6 Å². The Labute approximate surface area is 141 Å². The number of fused-ring (bicyclic) bond motifs is 1. The Bertz CT molecular complexity index is 819. The van der Waals surface area contributed by atoms with E-state index in [0.717, 1.165) is 26.5 Å². The summed E-state index contributed by atoms with van der Waals surface area (Å²) in [5.41, 5.74) is 2.94. The van der Waals surface area contributed by atoms with E-state index in [0.29, 0.717) is 11.0 Å². The summed E-state index contributed by atoms with van der Waals surface area (Å²) in [5.74, 6) is 0.658. The van der Waals surface area contributed by atoms with E-state index in [2.05, 4.69) is 44.3 Å². The third-order valence-corrected chi connectivity index (χ3v) is 4.75. The van der Waals surface area contributed by atoms with Crippen molar-refractivity contribution in [3.63, 3.8) is 0 Å². The van der Waals surface area contributed by atoms with Gasteiger partial charge >= 0.3 is 0 Å². The maximum Gasteiger partial charge on any atom is 0.161 e. The van der Waals surface area contributed by atoms with Gasteiger partial charge in [0.25, 0.3) is 0 Å². The van der Waals surface area contributed by atoms with E-state index in [1.807, 2.05) is 31.2 Å². The molecule has 5 heteroatoms. The summed E-state index contributed by atoms with van der Waals surface area (Å²) >= 11 is 11.5. The van der Waals surface area contributed by atoms with Crippen molar-refractivity contribution in [2.75, 3.05) is 6.26 Å². The molecule has 0 unspecified atom stereocenters. The zero-order valence-electron chi connectivity index (χ0n) is 11.5. The zero-order valence-corrected chi connectivity index (χ0v) is 14.7. The molecule has 0 bridgehead atoms. The van der Waals surface area contributed by atoms with Crippen molar-refractivity contribution in [1.82, 2.24) is 9.97 Å². The summed E-state index contributed by atoms with van der Waals surface area (Å²) < 4.78 is 0.982. The summed E-state index contributed by atoms with van der Waals surface area (Å²) in [7, 11) is 0. The van der Waals surface area contributed by atoms with Gasteiger partial charge in [-0.05, 0) is 43.0 Å². The minimum absolute atomic E-state index is 0.480. The van der Waals surface area contributed by atoms with Gasteiger partial charge in [-0.3, -0.25) is 0 Å². The normalized spacial score (nSPS) is 11.0. The van der Waals surface area contributed by atoms with Crippen LogP contribution in [0.2, 0.25) is 5.15 Å². The highest BCUT2D eigenvalue weighted by atomic mass is 79.9. The van der Waals surface area contributed by atoms with Crippen LogP contribution in [0.25, 0.3) is 22.3 Å². The summed E-state index contributed by atoms with van der Waals surface area (Å²) in [6, 6.07) is 12.2. The lowest BCUT2D eigenvalue weighted by Gasteiger charge is -2.08. The van der Waals surface area contributed by atoms with Gasteiger partial charge in [0.15, 0.2) is 5.82 Å². The molecule has 2 aromatic carbocycles. The number of halogens is 2. The molecule has 1 aromatic heterocycles. The second kappa shape index (κ2) is 5.95. The number of hydrogen-bond donors (Lipinski definition) is 0. The van der Waals surface area contributed by atoms with Crippen molar-refractivity contribution in [3.05, 3.63) is 51.6 Å².